The van der Waals surface area contributed by atoms with Crippen molar-refractivity contribution in [2.75, 3.05) is 16.2 Å². The van der Waals surface area contributed by atoms with Crippen molar-refractivity contribution in [1.82, 2.24) is 0 Å². The SMILES string of the molecule is CC(C)Oc1ccccc1C(=O)Nc1ccc2c(c1)N(S(N)(=O)=O)CC2. The van der Waals surface area contributed by atoms with Gasteiger partial charge in [0.05, 0.1) is 17.4 Å². The molecule has 0 spiro atoms. The van der Waals surface area contributed by atoms with E-state index in [9.17, 15) is 13.2 Å². The molecule has 0 aliphatic carbocycles. The van der Waals surface area contributed by atoms with Crippen molar-refractivity contribution in [2.24, 2.45) is 5.14 Å². The van der Waals surface area contributed by atoms with Gasteiger partial charge < -0.3 is 10.1 Å². The zero-order chi connectivity index (χ0) is 18.9. The molecule has 138 valence electrons. The van der Waals surface area contributed by atoms with E-state index < -0.39 is 10.2 Å². The number of carbonyl (C=O) groups excluding carboxylic acids is 1. The molecule has 0 saturated heterocycles. The molecular formula is C18H21N3O4S. The highest BCUT2D eigenvalue weighted by molar-refractivity contribution is 7.90. The molecule has 0 aromatic heterocycles. The highest BCUT2D eigenvalue weighted by Gasteiger charge is 2.27. The first-order valence-electron chi connectivity index (χ1n) is 8.26. The summed E-state index contributed by atoms with van der Waals surface area (Å²) in [6.45, 7) is 4.07. The standard InChI is InChI=1S/C18H21N3O4S/c1-12(2)25-17-6-4-3-5-15(17)18(22)20-14-8-7-13-9-10-21(16(13)11-14)26(19,23)24/h3-8,11-12H,9-10H2,1-2H3,(H,20,22)(H2,19,23,24). The number of nitrogens with one attached hydrogen (secondary N) is 1. The van der Waals surface area contributed by atoms with Crippen LogP contribution in [-0.2, 0) is 16.6 Å². The average Bonchev–Trinajstić information content (AvgIpc) is 2.98. The van der Waals surface area contributed by atoms with E-state index >= 15 is 0 Å². The molecule has 3 rings (SSSR count). The van der Waals surface area contributed by atoms with E-state index in [1.54, 1.807) is 42.5 Å². The highest BCUT2D eigenvalue weighted by Crippen LogP contribution is 2.32. The van der Waals surface area contributed by atoms with E-state index in [1.807, 2.05) is 13.8 Å². The molecule has 8 heteroatoms. The van der Waals surface area contributed by atoms with Gasteiger partial charge in [-0.2, -0.15) is 8.42 Å². The number of fused-ring (bicyclic) bond motifs is 1. The van der Waals surface area contributed by atoms with Gasteiger partial charge in [0, 0.05) is 12.2 Å². The largest absolute Gasteiger partial charge is 0.490 e. The number of benzene rings is 2. The lowest BCUT2D eigenvalue weighted by Crippen LogP contribution is -2.35. The average molecular weight is 375 g/mol. The minimum atomic E-state index is -3.83. The van der Waals surface area contributed by atoms with Gasteiger partial charge in [-0.3, -0.25) is 9.10 Å². The monoisotopic (exact) mass is 375 g/mol. The zero-order valence-corrected chi connectivity index (χ0v) is 15.4. The normalized spacial score (nSPS) is 13.6. The Bertz CT molecular complexity index is 941. The summed E-state index contributed by atoms with van der Waals surface area (Å²) in [5.74, 6) is 0.161. The zero-order valence-electron chi connectivity index (χ0n) is 14.6. The number of carbonyl (C=O) groups is 1. The summed E-state index contributed by atoms with van der Waals surface area (Å²) >= 11 is 0. The topological polar surface area (TPSA) is 102 Å². The number of nitrogens with two attached hydrogens (primary N) is 1. The smallest absolute Gasteiger partial charge is 0.299 e. The van der Waals surface area contributed by atoms with E-state index in [2.05, 4.69) is 5.32 Å². The third kappa shape index (κ3) is 3.81. The lowest BCUT2D eigenvalue weighted by atomic mass is 10.1. The first kappa shape index (κ1) is 18.2. The van der Waals surface area contributed by atoms with Crippen LogP contribution < -0.4 is 19.5 Å². The van der Waals surface area contributed by atoms with Crippen LogP contribution in [0.4, 0.5) is 11.4 Å². The summed E-state index contributed by atoms with van der Waals surface area (Å²) in [5, 5.41) is 8.05. The van der Waals surface area contributed by atoms with Gasteiger partial charge in [-0.25, -0.2) is 5.14 Å². The van der Waals surface area contributed by atoms with Crippen LogP contribution in [0.5, 0.6) is 5.75 Å². The van der Waals surface area contributed by atoms with Crippen molar-refractivity contribution in [3.63, 3.8) is 0 Å². The fraction of sp³-hybridized carbons (Fsp3) is 0.278. The van der Waals surface area contributed by atoms with Gasteiger partial charge in [0.25, 0.3) is 16.1 Å². The minimum absolute atomic E-state index is 0.0627. The van der Waals surface area contributed by atoms with Gasteiger partial charge in [0.1, 0.15) is 5.75 Å². The molecule has 1 amide bonds. The molecule has 0 fully saturated rings. The summed E-state index contributed by atoms with van der Waals surface area (Å²) in [7, 11) is -3.83. The van der Waals surface area contributed by atoms with Crippen LogP contribution >= 0.6 is 0 Å². The van der Waals surface area contributed by atoms with Crippen LogP contribution in [0.2, 0.25) is 0 Å². The Morgan fingerprint density at radius 2 is 1.96 bits per heavy atom. The Balaban J connectivity index is 1.86. The van der Waals surface area contributed by atoms with E-state index in [0.29, 0.717) is 35.7 Å². The second-order valence-corrected chi connectivity index (χ2v) is 7.80. The maximum absolute atomic E-state index is 12.6. The summed E-state index contributed by atoms with van der Waals surface area (Å²) in [6.07, 6.45) is 0.526. The number of hydrogen-bond acceptors (Lipinski definition) is 4. The number of nitrogens with zero attached hydrogens (tertiary/aromatic N) is 1. The molecule has 0 unspecified atom stereocenters. The molecule has 0 radical (unpaired) electrons. The van der Waals surface area contributed by atoms with Crippen LogP contribution in [0.25, 0.3) is 0 Å². The fourth-order valence-corrected chi connectivity index (χ4v) is 3.69. The lowest BCUT2D eigenvalue weighted by Gasteiger charge is -2.17. The number of hydrogen-bond donors (Lipinski definition) is 2. The number of para-hydroxylation sites is 1. The molecule has 2 aromatic carbocycles. The third-order valence-corrected chi connectivity index (χ3v) is 4.99. The van der Waals surface area contributed by atoms with Crippen molar-refractivity contribution in [3.8, 4) is 5.75 Å². The maximum Gasteiger partial charge on any atom is 0.299 e. The van der Waals surface area contributed by atoms with Crippen LogP contribution in [0.15, 0.2) is 42.5 Å². The highest BCUT2D eigenvalue weighted by atomic mass is 32.2. The van der Waals surface area contributed by atoms with Gasteiger partial charge in [0.2, 0.25) is 0 Å². The summed E-state index contributed by atoms with van der Waals surface area (Å²) in [6, 6.07) is 12.1. The van der Waals surface area contributed by atoms with Crippen molar-refractivity contribution in [2.45, 2.75) is 26.4 Å². The van der Waals surface area contributed by atoms with E-state index in [0.717, 1.165) is 9.87 Å². The Kier molecular flexibility index (Phi) is 4.88. The van der Waals surface area contributed by atoms with Gasteiger partial charge in [0.15, 0.2) is 0 Å². The van der Waals surface area contributed by atoms with Crippen molar-refractivity contribution >= 4 is 27.5 Å². The van der Waals surface area contributed by atoms with Crippen molar-refractivity contribution in [3.05, 3.63) is 53.6 Å². The number of amides is 1. The molecule has 1 heterocycles. The minimum Gasteiger partial charge on any atom is -0.490 e. The second kappa shape index (κ2) is 6.97. The Labute approximate surface area is 152 Å². The lowest BCUT2D eigenvalue weighted by molar-refractivity contribution is 0.102. The molecule has 7 nitrogen and oxygen atoms in total. The molecule has 26 heavy (non-hydrogen) atoms. The molecule has 2 aromatic rings. The fourth-order valence-electron chi connectivity index (χ4n) is 2.90. The number of rotatable bonds is 5. The van der Waals surface area contributed by atoms with Gasteiger partial charge in [-0.15, -0.1) is 0 Å². The quantitative estimate of drug-likeness (QED) is 0.837. The molecule has 1 aliphatic rings. The first-order valence-corrected chi connectivity index (χ1v) is 9.76. The third-order valence-electron chi connectivity index (χ3n) is 4.00. The summed E-state index contributed by atoms with van der Waals surface area (Å²) in [5.41, 5.74) is 2.27. The summed E-state index contributed by atoms with van der Waals surface area (Å²) < 4.78 is 30.2. The van der Waals surface area contributed by atoms with Gasteiger partial charge in [-0.1, -0.05) is 18.2 Å². The van der Waals surface area contributed by atoms with Crippen LogP contribution in [0, 0.1) is 0 Å². The molecule has 0 saturated carbocycles. The van der Waals surface area contributed by atoms with Gasteiger partial charge >= 0.3 is 0 Å². The van der Waals surface area contributed by atoms with Crippen LogP contribution in [-0.4, -0.2) is 27.0 Å². The first-order chi connectivity index (χ1) is 12.3. The van der Waals surface area contributed by atoms with Crippen molar-refractivity contribution < 1.29 is 17.9 Å². The summed E-state index contributed by atoms with van der Waals surface area (Å²) in [4.78, 5) is 12.6. The predicted molar refractivity (Wildman–Crippen MR) is 101 cm³/mol. The predicted octanol–water partition coefficient (Wildman–Crippen LogP) is 2.29. The number of anilines is 2. The molecule has 0 atom stereocenters. The molecule has 0 bridgehead atoms. The maximum atomic E-state index is 12.6. The van der Waals surface area contributed by atoms with Gasteiger partial charge in [-0.05, 0) is 50.1 Å². The van der Waals surface area contributed by atoms with Crippen LogP contribution in [0.3, 0.4) is 0 Å². The second-order valence-electron chi connectivity index (χ2n) is 6.33. The molecule has 3 N–H and O–H groups in total. The van der Waals surface area contributed by atoms with E-state index in [1.165, 1.54) is 0 Å². The van der Waals surface area contributed by atoms with Crippen LogP contribution in [0.1, 0.15) is 29.8 Å². The Hall–Kier alpha value is -2.58. The van der Waals surface area contributed by atoms with Crippen molar-refractivity contribution in [1.29, 1.82) is 0 Å². The molecule has 1 aliphatic heterocycles. The van der Waals surface area contributed by atoms with E-state index in [4.69, 9.17) is 9.88 Å². The number of ether oxygens (including phenoxy) is 1. The Morgan fingerprint density at radius 3 is 2.65 bits per heavy atom. The molecular weight excluding hydrogens is 354 g/mol. The van der Waals surface area contributed by atoms with E-state index in [-0.39, 0.29) is 12.0 Å². The Morgan fingerprint density at radius 1 is 1.23 bits per heavy atom.